The Kier molecular flexibility index (Phi) is 8.48. The number of carbonyl (C=O) groups is 2. The summed E-state index contributed by atoms with van der Waals surface area (Å²) < 4.78 is 69.1. The number of likely N-dealkylation sites (tertiary alicyclic amines) is 1. The van der Waals surface area contributed by atoms with E-state index in [0.29, 0.717) is 29.0 Å². The second-order valence-corrected chi connectivity index (χ2v) is 13.8. The van der Waals surface area contributed by atoms with E-state index in [1.54, 1.807) is 13.0 Å². The minimum Gasteiger partial charge on any atom is -0.368 e. The van der Waals surface area contributed by atoms with Gasteiger partial charge in [-0.1, -0.05) is 30.6 Å². The lowest BCUT2D eigenvalue weighted by molar-refractivity contribution is -0.181. The number of halogens is 3. The van der Waals surface area contributed by atoms with Gasteiger partial charge in [0.25, 0.3) is 0 Å². The van der Waals surface area contributed by atoms with E-state index in [1.165, 1.54) is 17.2 Å². The zero-order valence-corrected chi connectivity index (χ0v) is 24.0. The number of hydrogen-bond acceptors (Lipinski definition) is 7. The number of anilines is 1. The molecule has 2 aromatic heterocycles. The lowest BCUT2D eigenvalue weighted by Crippen LogP contribution is -2.46. The summed E-state index contributed by atoms with van der Waals surface area (Å²) in [5, 5.41) is 2.30. The molecule has 0 unspecified atom stereocenters. The van der Waals surface area contributed by atoms with E-state index in [1.807, 2.05) is 0 Å². The number of nitrogens with two attached hydrogens (primary N) is 1. The van der Waals surface area contributed by atoms with Crippen molar-refractivity contribution in [2.24, 2.45) is 5.73 Å². The summed E-state index contributed by atoms with van der Waals surface area (Å²) >= 11 is 1.06. The molecule has 2 aliphatic rings. The van der Waals surface area contributed by atoms with E-state index >= 15 is 0 Å². The number of rotatable bonds is 7. The van der Waals surface area contributed by atoms with Crippen molar-refractivity contribution in [3.05, 3.63) is 29.7 Å². The van der Waals surface area contributed by atoms with Crippen molar-refractivity contribution in [2.75, 3.05) is 11.9 Å². The molecule has 2 fully saturated rings. The fourth-order valence-electron chi connectivity index (χ4n) is 5.06. The van der Waals surface area contributed by atoms with Crippen LogP contribution < -0.4 is 15.8 Å². The smallest absolute Gasteiger partial charge is 0.368 e. The van der Waals surface area contributed by atoms with E-state index in [2.05, 4.69) is 20.0 Å². The maximum absolute atomic E-state index is 13.6. The van der Waals surface area contributed by atoms with Gasteiger partial charge in [-0.3, -0.25) is 15.1 Å². The summed E-state index contributed by atoms with van der Waals surface area (Å²) in [6.45, 7) is 3.72. The van der Waals surface area contributed by atoms with E-state index in [-0.39, 0.29) is 23.8 Å². The average molecular weight is 603 g/mol. The predicted molar refractivity (Wildman–Crippen MR) is 145 cm³/mol. The Morgan fingerprint density at radius 2 is 1.85 bits per heavy atom. The molecule has 1 saturated carbocycles. The first-order chi connectivity index (χ1) is 18.6. The Morgan fingerprint density at radius 1 is 1.18 bits per heavy atom. The topological polar surface area (TPSA) is 147 Å². The van der Waals surface area contributed by atoms with Crippen LogP contribution in [0.2, 0.25) is 0 Å². The molecule has 0 aromatic carbocycles. The van der Waals surface area contributed by atoms with Gasteiger partial charge in [0, 0.05) is 18.8 Å². The standard InChI is InChI=1S/C25H33F3N6O4S2/c1-14-20(15-9-10-30-19(11-15)24(2,3)25(26,27)28)39-22(31-14)32-23(36)34-13-16(12-18(34)21(29)35)33-40(37,38)17-7-5-4-6-8-17/h9-11,16-18,33H,4-8,12-13H2,1-3H3,(H2,29,35)(H,31,32,36)/t16-,18+/m1/s1. The number of hydrogen-bond donors (Lipinski definition) is 3. The Morgan fingerprint density at radius 3 is 2.48 bits per heavy atom. The van der Waals surface area contributed by atoms with Gasteiger partial charge in [0.1, 0.15) is 11.5 Å². The molecule has 220 valence electrons. The number of urea groups is 1. The largest absolute Gasteiger partial charge is 0.399 e. The number of thiazole rings is 1. The summed E-state index contributed by atoms with van der Waals surface area (Å²) in [7, 11) is -3.63. The zero-order chi connectivity index (χ0) is 29.5. The minimum absolute atomic E-state index is 0.0473. The van der Waals surface area contributed by atoms with Crippen LogP contribution in [-0.2, 0) is 20.2 Å². The second-order valence-electron chi connectivity index (χ2n) is 10.8. The van der Waals surface area contributed by atoms with Gasteiger partial charge in [0.2, 0.25) is 15.9 Å². The molecule has 40 heavy (non-hydrogen) atoms. The number of alkyl halides is 3. The molecule has 0 bridgehead atoms. The van der Waals surface area contributed by atoms with Crippen molar-refractivity contribution < 1.29 is 31.2 Å². The van der Waals surface area contributed by atoms with Crippen LogP contribution in [0.15, 0.2) is 18.3 Å². The Labute approximate surface area is 235 Å². The molecule has 4 N–H and O–H groups in total. The number of primary amides is 1. The molecular weight excluding hydrogens is 569 g/mol. The van der Waals surface area contributed by atoms with Crippen LogP contribution in [0.5, 0.6) is 0 Å². The summed E-state index contributed by atoms with van der Waals surface area (Å²) in [6, 6.07) is 0.543. The van der Waals surface area contributed by atoms with Crippen LogP contribution in [0.3, 0.4) is 0 Å². The van der Waals surface area contributed by atoms with Gasteiger partial charge in [-0.25, -0.2) is 22.9 Å². The van der Waals surface area contributed by atoms with Gasteiger partial charge in [-0.2, -0.15) is 13.2 Å². The predicted octanol–water partition coefficient (Wildman–Crippen LogP) is 4.07. The lowest BCUT2D eigenvalue weighted by Gasteiger charge is -2.27. The first kappa shape index (κ1) is 30.2. The first-order valence-corrected chi connectivity index (χ1v) is 15.4. The van der Waals surface area contributed by atoms with Gasteiger partial charge in [0.05, 0.1) is 21.5 Å². The Bertz CT molecular complexity index is 1370. The fraction of sp³-hybridized carbons (Fsp3) is 0.600. The second kappa shape index (κ2) is 11.2. The van der Waals surface area contributed by atoms with Crippen LogP contribution in [0.4, 0.5) is 23.1 Å². The summed E-state index contributed by atoms with van der Waals surface area (Å²) in [4.78, 5) is 35.3. The number of pyridine rings is 1. The molecule has 3 heterocycles. The zero-order valence-electron chi connectivity index (χ0n) is 22.4. The molecule has 2 atom stereocenters. The van der Waals surface area contributed by atoms with Crippen LogP contribution in [0, 0.1) is 6.92 Å². The highest BCUT2D eigenvalue weighted by Crippen LogP contribution is 2.41. The van der Waals surface area contributed by atoms with Gasteiger partial charge in [0.15, 0.2) is 5.13 Å². The number of sulfonamides is 1. The number of aromatic nitrogens is 2. The van der Waals surface area contributed by atoms with E-state index in [4.69, 9.17) is 5.73 Å². The van der Waals surface area contributed by atoms with Crippen molar-refractivity contribution >= 4 is 38.4 Å². The van der Waals surface area contributed by atoms with E-state index in [9.17, 15) is 31.2 Å². The molecule has 0 radical (unpaired) electrons. The van der Waals surface area contributed by atoms with Crippen molar-refractivity contribution in [3.63, 3.8) is 0 Å². The molecule has 10 nitrogen and oxygen atoms in total. The van der Waals surface area contributed by atoms with Gasteiger partial charge < -0.3 is 10.6 Å². The highest BCUT2D eigenvalue weighted by Gasteiger charge is 2.49. The third-order valence-electron chi connectivity index (χ3n) is 7.59. The molecule has 1 saturated heterocycles. The van der Waals surface area contributed by atoms with E-state index < -0.39 is 50.9 Å². The SMILES string of the molecule is Cc1nc(NC(=O)N2C[C@H](NS(=O)(=O)C3CCCCC3)C[C@H]2C(N)=O)sc1-c1ccnc(C(C)(C)C(F)(F)F)c1. The highest BCUT2D eigenvalue weighted by atomic mass is 32.2. The minimum atomic E-state index is -4.50. The Balaban J connectivity index is 1.49. The third kappa shape index (κ3) is 6.25. The van der Waals surface area contributed by atoms with Gasteiger partial charge >= 0.3 is 12.2 Å². The molecule has 3 amide bonds. The van der Waals surface area contributed by atoms with Crippen LogP contribution >= 0.6 is 11.3 Å². The number of amides is 3. The third-order valence-corrected chi connectivity index (χ3v) is 10.7. The quantitative estimate of drug-likeness (QED) is 0.435. The summed E-state index contributed by atoms with van der Waals surface area (Å²) in [5.74, 6) is -0.762. The monoisotopic (exact) mass is 602 g/mol. The van der Waals surface area contributed by atoms with Crippen molar-refractivity contribution in [1.29, 1.82) is 0 Å². The number of carbonyl (C=O) groups excluding carboxylic acids is 2. The van der Waals surface area contributed by atoms with Crippen LogP contribution in [0.1, 0.15) is 63.8 Å². The number of nitrogens with zero attached hydrogens (tertiary/aromatic N) is 3. The normalized spacial score (nSPS) is 21.0. The van der Waals surface area contributed by atoms with Gasteiger partial charge in [-0.15, -0.1) is 0 Å². The van der Waals surface area contributed by atoms with E-state index in [0.717, 1.165) is 44.4 Å². The number of aryl methyl sites for hydroxylation is 1. The highest BCUT2D eigenvalue weighted by molar-refractivity contribution is 7.90. The average Bonchev–Trinajstić information content (AvgIpc) is 3.47. The molecule has 0 spiro atoms. The molecule has 4 rings (SSSR count). The Hall–Kier alpha value is -2.78. The molecule has 1 aliphatic carbocycles. The van der Waals surface area contributed by atoms with Crippen molar-refractivity contribution in [2.45, 2.75) is 88.2 Å². The summed E-state index contributed by atoms with van der Waals surface area (Å²) in [6.07, 6.45) is 0.662. The maximum atomic E-state index is 13.6. The molecule has 1 aliphatic heterocycles. The maximum Gasteiger partial charge on any atom is 0.399 e. The number of nitrogens with one attached hydrogen (secondary N) is 2. The molecular formula is C25H33F3N6O4S2. The lowest BCUT2D eigenvalue weighted by atomic mass is 9.87. The van der Waals surface area contributed by atoms with Crippen molar-refractivity contribution in [1.82, 2.24) is 19.6 Å². The fourth-order valence-corrected chi connectivity index (χ4v) is 7.79. The molecule has 15 heteroatoms. The van der Waals surface area contributed by atoms with Gasteiger partial charge in [-0.05, 0) is 57.7 Å². The van der Waals surface area contributed by atoms with Crippen molar-refractivity contribution in [3.8, 4) is 10.4 Å². The summed E-state index contributed by atoms with van der Waals surface area (Å²) in [5.41, 5.74) is 4.15. The molecule has 2 aromatic rings. The van der Waals surface area contributed by atoms with Crippen LogP contribution in [0.25, 0.3) is 10.4 Å². The first-order valence-electron chi connectivity index (χ1n) is 13.0. The van der Waals surface area contributed by atoms with Crippen LogP contribution in [-0.4, -0.2) is 65.3 Å².